The second-order valence-electron chi connectivity index (χ2n) is 7.13. The molecule has 2 saturated carbocycles. The van der Waals surface area contributed by atoms with Gasteiger partial charge < -0.3 is 5.32 Å². The van der Waals surface area contributed by atoms with E-state index in [-0.39, 0.29) is 11.9 Å². The molecule has 3 rings (SSSR count). The fraction of sp³-hybridized carbons (Fsp3) is 0.632. The highest BCUT2D eigenvalue weighted by atomic mass is 16.1. The molecule has 1 N–H and O–H groups in total. The number of benzene rings is 1. The number of hydrogen-bond donors (Lipinski definition) is 1. The number of hydrogen-bond acceptors (Lipinski definition) is 1. The SMILES string of the molecule is C[C@@H](CCc1ccccc1)NC(=O)C[C@@H]1C[C@H]2CC[C@H]1C2. The summed E-state index contributed by atoms with van der Waals surface area (Å²) < 4.78 is 0. The summed E-state index contributed by atoms with van der Waals surface area (Å²) in [4.78, 5) is 12.2. The van der Waals surface area contributed by atoms with Crippen LogP contribution in [0.2, 0.25) is 0 Å². The number of carbonyl (C=O) groups excluding carboxylic acids is 1. The summed E-state index contributed by atoms with van der Waals surface area (Å²) in [6.07, 6.45) is 8.29. The lowest BCUT2D eigenvalue weighted by Gasteiger charge is -2.22. The number of fused-ring (bicyclic) bond motifs is 2. The van der Waals surface area contributed by atoms with Crippen LogP contribution in [0.1, 0.15) is 51.0 Å². The van der Waals surface area contributed by atoms with Gasteiger partial charge in [-0.1, -0.05) is 36.8 Å². The van der Waals surface area contributed by atoms with Crippen LogP contribution < -0.4 is 5.32 Å². The number of amides is 1. The standard InChI is InChI=1S/C19H27NO/c1-14(7-8-15-5-3-2-4-6-15)20-19(21)13-18-12-16-9-10-17(18)11-16/h2-6,14,16-18H,7-13H2,1H3,(H,20,21)/t14-,16-,17-,18-/m0/s1. The van der Waals surface area contributed by atoms with Crippen molar-refractivity contribution in [2.24, 2.45) is 17.8 Å². The molecule has 0 radical (unpaired) electrons. The molecule has 114 valence electrons. The van der Waals surface area contributed by atoms with Gasteiger partial charge in [0, 0.05) is 12.5 Å². The molecule has 2 nitrogen and oxygen atoms in total. The van der Waals surface area contributed by atoms with Crippen LogP contribution >= 0.6 is 0 Å². The van der Waals surface area contributed by atoms with Crippen molar-refractivity contribution in [1.82, 2.24) is 5.32 Å². The number of carbonyl (C=O) groups is 1. The van der Waals surface area contributed by atoms with E-state index in [4.69, 9.17) is 0 Å². The largest absolute Gasteiger partial charge is 0.354 e. The predicted molar refractivity (Wildman–Crippen MR) is 85.9 cm³/mol. The Kier molecular flexibility index (Phi) is 4.62. The van der Waals surface area contributed by atoms with Gasteiger partial charge >= 0.3 is 0 Å². The molecule has 1 aromatic rings. The average molecular weight is 285 g/mol. The minimum absolute atomic E-state index is 0.271. The van der Waals surface area contributed by atoms with Gasteiger partial charge in [0.25, 0.3) is 0 Å². The summed E-state index contributed by atoms with van der Waals surface area (Å²) >= 11 is 0. The van der Waals surface area contributed by atoms with Crippen LogP contribution in [0.25, 0.3) is 0 Å². The molecule has 2 fully saturated rings. The molecule has 0 aromatic heterocycles. The molecular weight excluding hydrogens is 258 g/mol. The fourth-order valence-corrected chi connectivity index (χ4v) is 4.30. The van der Waals surface area contributed by atoms with Crippen LogP contribution in [-0.2, 0) is 11.2 Å². The first-order chi connectivity index (χ1) is 10.2. The lowest BCUT2D eigenvalue weighted by molar-refractivity contribution is -0.123. The van der Waals surface area contributed by atoms with Crippen molar-refractivity contribution in [3.63, 3.8) is 0 Å². The molecule has 2 heteroatoms. The lowest BCUT2D eigenvalue weighted by atomic mass is 9.86. The first-order valence-corrected chi connectivity index (χ1v) is 8.54. The summed E-state index contributed by atoms with van der Waals surface area (Å²) in [6, 6.07) is 10.8. The van der Waals surface area contributed by atoms with Crippen molar-refractivity contribution < 1.29 is 4.79 Å². The van der Waals surface area contributed by atoms with Crippen molar-refractivity contribution in [2.75, 3.05) is 0 Å². The molecule has 2 aliphatic rings. The van der Waals surface area contributed by atoms with E-state index in [9.17, 15) is 4.79 Å². The van der Waals surface area contributed by atoms with Crippen molar-refractivity contribution >= 4 is 5.91 Å². The molecule has 0 saturated heterocycles. The Morgan fingerprint density at radius 1 is 1.24 bits per heavy atom. The third-order valence-electron chi connectivity index (χ3n) is 5.45. The van der Waals surface area contributed by atoms with Gasteiger partial charge in [0.1, 0.15) is 0 Å². The average Bonchev–Trinajstić information content (AvgIpc) is 3.08. The maximum Gasteiger partial charge on any atom is 0.220 e. The van der Waals surface area contributed by atoms with Gasteiger partial charge in [-0.3, -0.25) is 4.79 Å². The van der Waals surface area contributed by atoms with Gasteiger partial charge in [-0.05, 0) is 62.3 Å². The molecule has 21 heavy (non-hydrogen) atoms. The van der Waals surface area contributed by atoms with E-state index in [0.29, 0.717) is 5.92 Å². The molecule has 2 bridgehead atoms. The van der Waals surface area contributed by atoms with Crippen molar-refractivity contribution in [1.29, 1.82) is 0 Å². The summed E-state index contributed by atoms with van der Waals surface area (Å²) in [5.74, 6) is 2.72. The van der Waals surface area contributed by atoms with E-state index < -0.39 is 0 Å². The van der Waals surface area contributed by atoms with E-state index >= 15 is 0 Å². The first kappa shape index (κ1) is 14.6. The van der Waals surface area contributed by atoms with Gasteiger partial charge in [-0.2, -0.15) is 0 Å². The van der Waals surface area contributed by atoms with Crippen molar-refractivity contribution in [3.8, 4) is 0 Å². The molecule has 1 amide bonds. The zero-order valence-corrected chi connectivity index (χ0v) is 13.1. The molecule has 0 unspecified atom stereocenters. The van der Waals surface area contributed by atoms with Gasteiger partial charge in [0.2, 0.25) is 5.91 Å². The number of rotatable bonds is 6. The van der Waals surface area contributed by atoms with Gasteiger partial charge in [-0.25, -0.2) is 0 Å². The third-order valence-corrected chi connectivity index (χ3v) is 5.45. The maximum absolute atomic E-state index is 12.2. The van der Waals surface area contributed by atoms with Crippen LogP contribution in [0.5, 0.6) is 0 Å². The van der Waals surface area contributed by atoms with Crippen LogP contribution in [0.3, 0.4) is 0 Å². The van der Waals surface area contributed by atoms with Gasteiger partial charge in [-0.15, -0.1) is 0 Å². The zero-order chi connectivity index (χ0) is 14.7. The Morgan fingerprint density at radius 2 is 2.05 bits per heavy atom. The lowest BCUT2D eigenvalue weighted by Crippen LogP contribution is -2.34. The molecule has 0 heterocycles. The van der Waals surface area contributed by atoms with Gasteiger partial charge in [0.15, 0.2) is 0 Å². The Morgan fingerprint density at radius 3 is 2.71 bits per heavy atom. The Labute approximate surface area is 128 Å². The van der Waals surface area contributed by atoms with E-state index in [0.717, 1.165) is 31.1 Å². The van der Waals surface area contributed by atoms with E-state index in [1.807, 2.05) is 6.07 Å². The summed E-state index contributed by atoms with van der Waals surface area (Å²) in [6.45, 7) is 2.13. The molecule has 0 spiro atoms. The quantitative estimate of drug-likeness (QED) is 0.842. The molecular formula is C19H27NO. The van der Waals surface area contributed by atoms with Gasteiger partial charge in [0.05, 0.1) is 0 Å². The third kappa shape index (κ3) is 3.87. The highest BCUT2D eigenvalue weighted by Crippen LogP contribution is 2.49. The minimum atomic E-state index is 0.271. The highest BCUT2D eigenvalue weighted by molar-refractivity contribution is 5.76. The topological polar surface area (TPSA) is 29.1 Å². The second kappa shape index (κ2) is 6.64. The zero-order valence-electron chi connectivity index (χ0n) is 13.1. The number of nitrogens with one attached hydrogen (secondary N) is 1. The van der Waals surface area contributed by atoms with Crippen molar-refractivity contribution in [2.45, 2.75) is 57.9 Å². The van der Waals surface area contributed by atoms with Crippen LogP contribution in [0, 0.1) is 17.8 Å². The van der Waals surface area contributed by atoms with E-state index in [1.54, 1.807) is 0 Å². The summed E-state index contributed by atoms with van der Waals surface area (Å²) in [5, 5.41) is 3.20. The maximum atomic E-state index is 12.2. The normalized spacial score (nSPS) is 28.5. The van der Waals surface area contributed by atoms with E-state index in [2.05, 4.69) is 36.5 Å². The smallest absolute Gasteiger partial charge is 0.220 e. The second-order valence-corrected chi connectivity index (χ2v) is 7.13. The monoisotopic (exact) mass is 285 g/mol. The van der Waals surface area contributed by atoms with Crippen LogP contribution in [0.15, 0.2) is 30.3 Å². The van der Waals surface area contributed by atoms with Crippen molar-refractivity contribution in [3.05, 3.63) is 35.9 Å². The summed E-state index contributed by atoms with van der Waals surface area (Å²) in [7, 11) is 0. The first-order valence-electron chi connectivity index (χ1n) is 8.54. The summed E-state index contributed by atoms with van der Waals surface area (Å²) in [5.41, 5.74) is 1.35. The predicted octanol–water partition coefficient (Wildman–Crippen LogP) is 3.95. The molecule has 1 aromatic carbocycles. The number of aryl methyl sites for hydroxylation is 1. The van der Waals surface area contributed by atoms with Crippen LogP contribution in [0.4, 0.5) is 0 Å². The molecule has 0 aliphatic heterocycles. The Bertz CT molecular complexity index is 470. The minimum Gasteiger partial charge on any atom is -0.354 e. The van der Waals surface area contributed by atoms with Crippen LogP contribution in [-0.4, -0.2) is 11.9 Å². The highest BCUT2D eigenvalue weighted by Gasteiger charge is 2.40. The molecule has 4 atom stereocenters. The van der Waals surface area contributed by atoms with E-state index in [1.165, 1.54) is 31.2 Å². The Hall–Kier alpha value is -1.31. The molecule has 2 aliphatic carbocycles. The fourth-order valence-electron chi connectivity index (χ4n) is 4.30. The Balaban J connectivity index is 1.38.